The lowest BCUT2D eigenvalue weighted by Crippen LogP contribution is -2.15. The summed E-state index contributed by atoms with van der Waals surface area (Å²) in [5.41, 5.74) is 1.59. The molecule has 3 rings (SSSR count). The Morgan fingerprint density at radius 2 is 1.75 bits per heavy atom. The van der Waals surface area contributed by atoms with Crippen LogP contribution in [0.5, 0.6) is 0 Å². The Morgan fingerprint density at radius 1 is 1.11 bits per heavy atom. The zero-order valence-corrected chi connectivity index (χ0v) is 15.3. The van der Waals surface area contributed by atoms with Gasteiger partial charge in [-0.15, -0.1) is 0 Å². The number of aryl methyl sites for hydroxylation is 1. The number of nitrogens with zero attached hydrogens (tertiary/aromatic N) is 2. The van der Waals surface area contributed by atoms with E-state index >= 15 is 0 Å². The van der Waals surface area contributed by atoms with Crippen molar-refractivity contribution in [1.82, 2.24) is 14.8 Å². The average molecular weight is 390 g/mol. The molecule has 0 unspecified atom stereocenters. The number of rotatable bonds is 4. The number of aromatic amines is 1. The molecule has 0 aliphatic heterocycles. The van der Waals surface area contributed by atoms with Gasteiger partial charge in [0, 0.05) is 16.9 Å². The molecule has 0 fully saturated rings. The smallest absolute Gasteiger partial charge is 0.354 e. The van der Waals surface area contributed by atoms with Crippen LogP contribution in [0, 0.1) is 13.8 Å². The monoisotopic (exact) mass is 390 g/mol. The number of H-pyrrole nitrogens is 1. The molecule has 0 spiro atoms. The Labute approximate surface area is 158 Å². The van der Waals surface area contributed by atoms with Crippen molar-refractivity contribution >= 4 is 17.4 Å². The predicted molar refractivity (Wildman–Crippen MR) is 96.8 cm³/mol. The standard InChI is InChI=1S/C19H17F3N4O2/c1-10-16(12(3)27)11(2)24-17(10)18(28)25-13-4-6-14(7-5-13)26-15(8-9-23-26)19(20,21)22/h4-9,24H,1-3H3,(H,25,28). The Kier molecular flexibility index (Phi) is 4.84. The van der Waals surface area contributed by atoms with Crippen molar-refractivity contribution in [3.8, 4) is 5.69 Å². The minimum Gasteiger partial charge on any atom is -0.354 e. The second kappa shape index (κ2) is 6.99. The fourth-order valence-corrected chi connectivity index (χ4v) is 3.11. The van der Waals surface area contributed by atoms with Crippen molar-refractivity contribution in [3.05, 3.63) is 64.7 Å². The van der Waals surface area contributed by atoms with Gasteiger partial charge >= 0.3 is 6.18 Å². The molecule has 1 amide bonds. The van der Waals surface area contributed by atoms with Gasteiger partial charge < -0.3 is 10.3 Å². The number of halogens is 3. The number of benzene rings is 1. The number of anilines is 1. The summed E-state index contributed by atoms with van der Waals surface area (Å²) >= 11 is 0. The lowest BCUT2D eigenvalue weighted by atomic mass is 10.1. The van der Waals surface area contributed by atoms with Crippen LogP contribution in [0.25, 0.3) is 5.69 Å². The number of ketones is 1. The van der Waals surface area contributed by atoms with Crippen molar-refractivity contribution in [2.24, 2.45) is 0 Å². The molecular formula is C19H17F3N4O2. The van der Waals surface area contributed by atoms with Crippen LogP contribution >= 0.6 is 0 Å². The largest absolute Gasteiger partial charge is 0.433 e. The van der Waals surface area contributed by atoms with E-state index in [4.69, 9.17) is 0 Å². The first-order chi connectivity index (χ1) is 13.1. The maximum atomic E-state index is 13.0. The first kappa shape index (κ1) is 19.4. The van der Waals surface area contributed by atoms with Crippen LogP contribution in [0.3, 0.4) is 0 Å². The van der Waals surface area contributed by atoms with Gasteiger partial charge in [-0.2, -0.15) is 18.3 Å². The highest BCUT2D eigenvalue weighted by Crippen LogP contribution is 2.30. The quantitative estimate of drug-likeness (QED) is 0.652. The molecule has 0 bridgehead atoms. The van der Waals surface area contributed by atoms with E-state index in [0.29, 0.717) is 22.5 Å². The minimum atomic E-state index is -4.53. The first-order valence-corrected chi connectivity index (χ1v) is 8.32. The van der Waals surface area contributed by atoms with Crippen LogP contribution in [0.15, 0.2) is 36.5 Å². The lowest BCUT2D eigenvalue weighted by molar-refractivity contribution is -0.142. The van der Waals surface area contributed by atoms with Gasteiger partial charge in [0.15, 0.2) is 5.78 Å². The van der Waals surface area contributed by atoms with Crippen molar-refractivity contribution < 1.29 is 22.8 Å². The van der Waals surface area contributed by atoms with Gasteiger partial charge in [0.2, 0.25) is 0 Å². The molecule has 2 heterocycles. The molecule has 0 radical (unpaired) electrons. The first-order valence-electron chi connectivity index (χ1n) is 8.32. The Balaban J connectivity index is 1.82. The van der Waals surface area contributed by atoms with Gasteiger partial charge in [-0.3, -0.25) is 9.59 Å². The van der Waals surface area contributed by atoms with Crippen LogP contribution in [0.1, 0.15) is 44.7 Å². The molecule has 0 saturated heterocycles. The summed E-state index contributed by atoms with van der Waals surface area (Å²) in [6.07, 6.45) is -3.46. The topological polar surface area (TPSA) is 79.8 Å². The second-order valence-corrected chi connectivity index (χ2v) is 6.31. The Hall–Kier alpha value is -3.36. The molecule has 2 N–H and O–H groups in total. The fourth-order valence-electron chi connectivity index (χ4n) is 3.11. The third-order valence-electron chi connectivity index (χ3n) is 4.32. The molecule has 0 saturated carbocycles. The number of amides is 1. The summed E-state index contributed by atoms with van der Waals surface area (Å²) in [6, 6.07) is 6.69. The summed E-state index contributed by atoms with van der Waals surface area (Å²) < 4.78 is 39.8. The molecule has 28 heavy (non-hydrogen) atoms. The van der Waals surface area contributed by atoms with Gasteiger partial charge in [0.1, 0.15) is 11.4 Å². The molecular weight excluding hydrogens is 373 g/mol. The molecule has 9 heteroatoms. The normalized spacial score (nSPS) is 11.5. The third-order valence-corrected chi connectivity index (χ3v) is 4.32. The number of nitrogens with one attached hydrogen (secondary N) is 2. The fraction of sp³-hybridized carbons (Fsp3) is 0.211. The maximum absolute atomic E-state index is 13.0. The van der Waals surface area contributed by atoms with E-state index in [-0.39, 0.29) is 17.2 Å². The number of aromatic nitrogens is 3. The second-order valence-electron chi connectivity index (χ2n) is 6.31. The van der Waals surface area contributed by atoms with Crippen molar-refractivity contribution in [1.29, 1.82) is 0 Å². The van der Waals surface area contributed by atoms with Crippen molar-refractivity contribution in [2.45, 2.75) is 26.9 Å². The lowest BCUT2D eigenvalue weighted by Gasteiger charge is -2.11. The van der Waals surface area contributed by atoms with Crippen LogP contribution in [0.4, 0.5) is 18.9 Å². The summed E-state index contributed by atoms with van der Waals surface area (Å²) in [5, 5.41) is 6.37. The molecule has 0 aliphatic carbocycles. The van der Waals surface area contributed by atoms with Gasteiger partial charge in [-0.25, -0.2) is 4.68 Å². The van der Waals surface area contributed by atoms with Crippen LogP contribution < -0.4 is 5.32 Å². The van der Waals surface area contributed by atoms with Gasteiger partial charge in [-0.05, 0) is 56.7 Å². The van der Waals surface area contributed by atoms with E-state index in [0.717, 1.165) is 16.9 Å². The highest BCUT2D eigenvalue weighted by atomic mass is 19.4. The molecule has 0 aliphatic rings. The van der Waals surface area contributed by atoms with Crippen molar-refractivity contribution in [3.63, 3.8) is 0 Å². The number of Topliss-reactive ketones (excluding diaryl/α,β-unsaturated/α-hetero) is 1. The zero-order valence-electron chi connectivity index (χ0n) is 15.3. The molecule has 6 nitrogen and oxygen atoms in total. The number of alkyl halides is 3. The summed E-state index contributed by atoms with van der Waals surface area (Å²) in [7, 11) is 0. The van der Waals surface area contributed by atoms with E-state index in [9.17, 15) is 22.8 Å². The summed E-state index contributed by atoms with van der Waals surface area (Å²) in [5.74, 6) is -0.592. The highest BCUT2D eigenvalue weighted by molar-refractivity contribution is 6.07. The minimum absolute atomic E-state index is 0.144. The van der Waals surface area contributed by atoms with Gasteiger partial charge in [-0.1, -0.05) is 0 Å². The molecule has 1 aromatic carbocycles. The van der Waals surface area contributed by atoms with E-state index in [1.165, 1.54) is 31.2 Å². The van der Waals surface area contributed by atoms with E-state index in [2.05, 4.69) is 15.4 Å². The van der Waals surface area contributed by atoms with Crippen LogP contribution in [-0.4, -0.2) is 26.5 Å². The number of carbonyl (C=O) groups is 2. The predicted octanol–water partition coefficient (Wildman–Crippen LogP) is 4.29. The highest BCUT2D eigenvalue weighted by Gasteiger charge is 2.35. The average Bonchev–Trinajstić information content (AvgIpc) is 3.20. The SMILES string of the molecule is CC(=O)c1c(C)[nH]c(C(=O)Nc2ccc(-n3nccc3C(F)(F)F)cc2)c1C. The third kappa shape index (κ3) is 3.55. The molecule has 3 aromatic rings. The summed E-state index contributed by atoms with van der Waals surface area (Å²) in [6.45, 7) is 4.81. The Morgan fingerprint density at radius 3 is 2.29 bits per heavy atom. The van der Waals surface area contributed by atoms with Crippen LogP contribution in [0.2, 0.25) is 0 Å². The van der Waals surface area contributed by atoms with Crippen molar-refractivity contribution in [2.75, 3.05) is 5.32 Å². The molecule has 0 atom stereocenters. The Bertz CT molecular complexity index is 1050. The zero-order chi connectivity index (χ0) is 20.6. The summed E-state index contributed by atoms with van der Waals surface area (Å²) in [4.78, 5) is 27.1. The number of hydrogen-bond donors (Lipinski definition) is 2. The molecule has 2 aromatic heterocycles. The van der Waals surface area contributed by atoms with Gasteiger partial charge in [0.25, 0.3) is 5.91 Å². The van der Waals surface area contributed by atoms with E-state index in [1.54, 1.807) is 13.8 Å². The number of carbonyl (C=O) groups excluding carboxylic acids is 2. The maximum Gasteiger partial charge on any atom is 0.433 e. The van der Waals surface area contributed by atoms with E-state index < -0.39 is 17.8 Å². The number of hydrogen-bond acceptors (Lipinski definition) is 3. The van der Waals surface area contributed by atoms with E-state index in [1.807, 2.05) is 0 Å². The molecule has 146 valence electrons. The van der Waals surface area contributed by atoms with Crippen LogP contribution in [-0.2, 0) is 6.18 Å². The van der Waals surface area contributed by atoms with Gasteiger partial charge in [0.05, 0.1) is 11.9 Å².